The van der Waals surface area contributed by atoms with Gasteiger partial charge in [0.05, 0.1) is 0 Å². The van der Waals surface area contributed by atoms with Crippen molar-refractivity contribution < 1.29 is 0 Å². The molecule has 6 rings (SSSR count). The van der Waals surface area contributed by atoms with Gasteiger partial charge in [0.15, 0.2) is 0 Å². The Morgan fingerprint density at radius 1 is 0.667 bits per heavy atom. The Hall–Kier alpha value is -1.04. The fraction of sp³-hybridized carbons (Fsp3) is 0.619. The minimum atomic E-state index is 0.891. The fourth-order valence-corrected chi connectivity index (χ4v) is 7.73. The molecule has 0 spiro atoms. The van der Waals surface area contributed by atoms with Gasteiger partial charge < -0.3 is 0 Å². The van der Waals surface area contributed by atoms with Gasteiger partial charge in [-0.3, -0.25) is 0 Å². The smallest absolute Gasteiger partial charge is 0.0128 e. The molecule has 0 radical (unpaired) electrons. The van der Waals surface area contributed by atoms with Crippen molar-refractivity contribution in [3.05, 3.63) is 48.0 Å². The molecule has 0 nitrogen and oxygen atoms in total. The van der Waals surface area contributed by atoms with E-state index in [1.54, 1.807) is 18.4 Å². The number of benzene rings is 1. The third kappa shape index (κ3) is 1.33. The molecule has 0 N–H and O–H groups in total. The summed E-state index contributed by atoms with van der Waals surface area (Å²) in [6, 6.07) is 11.4. The van der Waals surface area contributed by atoms with E-state index in [2.05, 4.69) is 42.5 Å². The van der Waals surface area contributed by atoms with Crippen LogP contribution in [0.4, 0.5) is 0 Å². The highest BCUT2D eigenvalue weighted by molar-refractivity contribution is 5.27. The maximum Gasteiger partial charge on any atom is -0.0128 e. The van der Waals surface area contributed by atoms with Crippen LogP contribution in [0.15, 0.2) is 42.5 Å². The Bertz CT molecular complexity index is 600. The number of hydrogen-bond donors (Lipinski definition) is 0. The average molecular weight is 276 g/mol. The van der Waals surface area contributed by atoms with Gasteiger partial charge in [-0.2, -0.15) is 0 Å². The molecule has 0 heteroatoms. The van der Waals surface area contributed by atoms with E-state index in [9.17, 15) is 0 Å². The van der Waals surface area contributed by atoms with Crippen molar-refractivity contribution in [1.29, 1.82) is 0 Å². The summed E-state index contributed by atoms with van der Waals surface area (Å²) in [4.78, 5) is 0. The van der Waals surface area contributed by atoms with Crippen LogP contribution in [-0.4, -0.2) is 0 Å². The maximum atomic E-state index is 2.59. The zero-order valence-electron chi connectivity index (χ0n) is 12.6. The van der Waals surface area contributed by atoms with Gasteiger partial charge in [0.1, 0.15) is 0 Å². The minimum Gasteiger partial charge on any atom is -0.0848 e. The Morgan fingerprint density at radius 2 is 1.52 bits per heavy atom. The molecule has 0 amide bonds. The van der Waals surface area contributed by atoms with Crippen LogP contribution in [0.5, 0.6) is 0 Å². The standard InChI is InChI=1S/C21H24/c1-2-4-12(5-3-1)16-9-15-10-18(16)19-11-17-13-6-7-14(8-13)20(17)21(15)19/h1-7,13-21H,8-11H2. The molecule has 9 atom stereocenters. The lowest BCUT2D eigenvalue weighted by atomic mass is 9.69. The molecule has 0 heterocycles. The maximum absolute atomic E-state index is 2.59. The van der Waals surface area contributed by atoms with Crippen molar-refractivity contribution in [1.82, 2.24) is 0 Å². The highest BCUT2D eigenvalue weighted by Gasteiger charge is 2.64. The first kappa shape index (κ1) is 11.5. The molecule has 1 aromatic rings. The lowest BCUT2D eigenvalue weighted by Crippen LogP contribution is -2.29. The summed E-state index contributed by atoms with van der Waals surface area (Å²) < 4.78 is 0. The van der Waals surface area contributed by atoms with Crippen LogP contribution in [0.3, 0.4) is 0 Å². The van der Waals surface area contributed by atoms with Gasteiger partial charge in [0.25, 0.3) is 0 Å². The molecule has 0 aromatic heterocycles. The SMILES string of the molecule is C1=CC2CC1C1CC3C4CC(CC4c4ccccc4)C3C21. The number of allylic oxidation sites excluding steroid dienone is 2. The van der Waals surface area contributed by atoms with Gasteiger partial charge in [0.2, 0.25) is 0 Å². The lowest BCUT2D eigenvalue weighted by Gasteiger charge is -2.35. The molecular formula is C21H24. The Kier molecular flexibility index (Phi) is 2.10. The quantitative estimate of drug-likeness (QED) is 0.641. The summed E-state index contributed by atoms with van der Waals surface area (Å²) in [6.45, 7) is 0. The highest BCUT2D eigenvalue weighted by atomic mass is 14.7. The molecule has 0 saturated heterocycles. The van der Waals surface area contributed by atoms with E-state index in [0.29, 0.717) is 0 Å². The van der Waals surface area contributed by atoms with Gasteiger partial charge in [-0.05, 0) is 84.5 Å². The van der Waals surface area contributed by atoms with E-state index < -0.39 is 0 Å². The summed E-state index contributed by atoms with van der Waals surface area (Å²) in [5.74, 6) is 9.28. The topological polar surface area (TPSA) is 0 Å². The third-order valence-electron chi connectivity index (χ3n) is 8.14. The second kappa shape index (κ2) is 3.83. The molecule has 9 unspecified atom stereocenters. The molecular weight excluding hydrogens is 252 g/mol. The van der Waals surface area contributed by atoms with Crippen LogP contribution >= 0.6 is 0 Å². The number of fused-ring (bicyclic) bond motifs is 11. The van der Waals surface area contributed by atoms with Crippen molar-refractivity contribution in [2.45, 2.75) is 31.6 Å². The Morgan fingerprint density at radius 3 is 2.43 bits per heavy atom. The Labute approximate surface area is 127 Å². The van der Waals surface area contributed by atoms with E-state index in [4.69, 9.17) is 0 Å². The predicted molar refractivity (Wildman–Crippen MR) is 84.7 cm³/mol. The molecule has 4 fully saturated rings. The van der Waals surface area contributed by atoms with Crippen LogP contribution in [0.2, 0.25) is 0 Å². The van der Waals surface area contributed by atoms with E-state index in [1.165, 1.54) is 12.8 Å². The van der Waals surface area contributed by atoms with Crippen molar-refractivity contribution in [2.24, 2.45) is 47.3 Å². The van der Waals surface area contributed by atoms with Crippen LogP contribution in [0.25, 0.3) is 0 Å². The largest absolute Gasteiger partial charge is 0.0848 e. The average Bonchev–Trinajstić information content (AvgIpc) is 3.28. The monoisotopic (exact) mass is 276 g/mol. The third-order valence-corrected chi connectivity index (χ3v) is 8.14. The van der Waals surface area contributed by atoms with Crippen molar-refractivity contribution in [2.75, 3.05) is 0 Å². The molecule has 5 aliphatic carbocycles. The van der Waals surface area contributed by atoms with E-state index in [0.717, 1.165) is 53.3 Å². The van der Waals surface area contributed by atoms with E-state index in [1.807, 2.05) is 0 Å². The molecule has 108 valence electrons. The van der Waals surface area contributed by atoms with Crippen molar-refractivity contribution in [3.8, 4) is 0 Å². The van der Waals surface area contributed by atoms with Crippen molar-refractivity contribution >= 4 is 0 Å². The zero-order chi connectivity index (χ0) is 13.6. The van der Waals surface area contributed by atoms with E-state index >= 15 is 0 Å². The van der Waals surface area contributed by atoms with Crippen molar-refractivity contribution in [3.63, 3.8) is 0 Å². The van der Waals surface area contributed by atoms with Gasteiger partial charge in [-0.15, -0.1) is 0 Å². The molecule has 0 aliphatic heterocycles. The first-order chi connectivity index (χ1) is 10.4. The molecule has 4 bridgehead atoms. The Balaban J connectivity index is 1.34. The summed E-state index contributed by atoms with van der Waals surface area (Å²) in [5, 5.41) is 0. The summed E-state index contributed by atoms with van der Waals surface area (Å²) in [5.41, 5.74) is 1.64. The molecule has 4 saturated carbocycles. The van der Waals surface area contributed by atoms with E-state index in [-0.39, 0.29) is 0 Å². The normalized spacial score (nSPS) is 55.1. The summed E-state index contributed by atoms with van der Waals surface area (Å²) in [6.07, 6.45) is 11.3. The summed E-state index contributed by atoms with van der Waals surface area (Å²) in [7, 11) is 0. The van der Waals surface area contributed by atoms with Crippen LogP contribution in [-0.2, 0) is 0 Å². The minimum absolute atomic E-state index is 0.891. The van der Waals surface area contributed by atoms with Crippen LogP contribution in [0.1, 0.15) is 37.2 Å². The predicted octanol–water partition coefficient (Wildman–Crippen LogP) is 4.88. The van der Waals surface area contributed by atoms with Crippen LogP contribution in [0, 0.1) is 47.3 Å². The van der Waals surface area contributed by atoms with Crippen LogP contribution < -0.4 is 0 Å². The molecule has 1 aromatic carbocycles. The second-order valence-corrected chi connectivity index (χ2v) is 8.58. The van der Waals surface area contributed by atoms with Gasteiger partial charge >= 0.3 is 0 Å². The van der Waals surface area contributed by atoms with Gasteiger partial charge in [-0.1, -0.05) is 42.5 Å². The second-order valence-electron chi connectivity index (χ2n) is 8.58. The molecule has 21 heavy (non-hydrogen) atoms. The highest BCUT2D eigenvalue weighted by Crippen LogP contribution is 2.71. The summed E-state index contributed by atoms with van der Waals surface area (Å²) >= 11 is 0. The zero-order valence-corrected chi connectivity index (χ0v) is 12.6. The first-order valence-electron chi connectivity index (χ1n) is 9.13. The van der Waals surface area contributed by atoms with Gasteiger partial charge in [-0.25, -0.2) is 0 Å². The molecule has 5 aliphatic rings. The lowest BCUT2D eigenvalue weighted by molar-refractivity contribution is 0.171. The number of rotatable bonds is 1. The van der Waals surface area contributed by atoms with Gasteiger partial charge in [0, 0.05) is 0 Å². The first-order valence-corrected chi connectivity index (χ1v) is 9.13. The number of hydrogen-bond acceptors (Lipinski definition) is 0. The fourth-order valence-electron chi connectivity index (χ4n) is 7.73.